The highest BCUT2D eigenvalue weighted by atomic mass is 16.7. The third kappa shape index (κ3) is 3.91. The maximum Gasteiger partial charge on any atom is 0.317 e. The average Bonchev–Trinajstić information content (AvgIpc) is 3.03. The van der Waals surface area contributed by atoms with Gasteiger partial charge in [0.05, 0.1) is 0 Å². The Morgan fingerprint density at radius 2 is 2.13 bits per heavy atom. The van der Waals surface area contributed by atoms with Crippen LogP contribution in [0.3, 0.4) is 0 Å². The van der Waals surface area contributed by atoms with E-state index >= 15 is 0 Å². The molecule has 0 unspecified atom stereocenters. The van der Waals surface area contributed by atoms with Gasteiger partial charge in [0.25, 0.3) is 0 Å². The molecule has 1 N–H and O–H groups in total. The van der Waals surface area contributed by atoms with Gasteiger partial charge in [-0.2, -0.15) is 0 Å². The highest BCUT2D eigenvalue weighted by Crippen LogP contribution is 2.32. The van der Waals surface area contributed by atoms with Gasteiger partial charge in [-0.3, -0.25) is 4.98 Å². The third-order valence-corrected chi connectivity index (χ3v) is 3.59. The SMILES string of the molecule is CN(Cc1ccc2c(c1)OCO2)C(=O)NCCc1ccccn1. The molecule has 0 bridgehead atoms. The normalized spacial score (nSPS) is 12.0. The summed E-state index contributed by atoms with van der Waals surface area (Å²) in [7, 11) is 1.76. The number of rotatable bonds is 5. The Bertz CT molecular complexity index is 676. The molecule has 2 aromatic rings. The molecule has 1 aliphatic rings. The van der Waals surface area contributed by atoms with Gasteiger partial charge in [-0.05, 0) is 29.8 Å². The highest BCUT2D eigenvalue weighted by Gasteiger charge is 2.15. The number of pyridine rings is 1. The van der Waals surface area contributed by atoms with E-state index in [1.807, 2.05) is 36.4 Å². The van der Waals surface area contributed by atoms with E-state index in [9.17, 15) is 4.79 Å². The minimum atomic E-state index is -0.112. The summed E-state index contributed by atoms with van der Waals surface area (Å²) in [4.78, 5) is 18.0. The van der Waals surface area contributed by atoms with Gasteiger partial charge in [-0.25, -0.2) is 4.79 Å². The lowest BCUT2D eigenvalue weighted by Crippen LogP contribution is -2.37. The molecule has 0 radical (unpaired) electrons. The summed E-state index contributed by atoms with van der Waals surface area (Å²) in [6.45, 7) is 1.32. The fraction of sp³-hybridized carbons (Fsp3) is 0.294. The fourth-order valence-electron chi connectivity index (χ4n) is 2.36. The Balaban J connectivity index is 1.47. The van der Waals surface area contributed by atoms with Crippen molar-refractivity contribution in [3.05, 3.63) is 53.9 Å². The van der Waals surface area contributed by atoms with E-state index in [0.717, 1.165) is 22.8 Å². The van der Waals surface area contributed by atoms with Crippen LogP contribution in [0.4, 0.5) is 4.79 Å². The first-order valence-electron chi connectivity index (χ1n) is 7.50. The minimum absolute atomic E-state index is 0.112. The smallest absolute Gasteiger partial charge is 0.317 e. The molecule has 120 valence electrons. The Hall–Kier alpha value is -2.76. The van der Waals surface area contributed by atoms with Crippen LogP contribution < -0.4 is 14.8 Å². The predicted molar refractivity (Wildman–Crippen MR) is 85.4 cm³/mol. The van der Waals surface area contributed by atoms with Crippen LogP contribution in [0.5, 0.6) is 11.5 Å². The molecule has 0 saturated heterocycles. The van der Waals surface area contributed by atoms with Crippen LogP contribution in [-0.4, -0.2) is 36.3 Å². The quantitative estimate of drug-likeness (QED) is 0.919. The fourth-order valence-corrected chi connectivity index (χ4v) is 2.36. The van der Waals surface area contributed by atoms with Crippen molar-refractivity contribution >= 4 is 6.03 Å². The summed E-state index contributed by atoms with van der Waals surface area (Å²) < 4.78 is 10.6. The zero-order chi connectivity index (χ0) is 16.1. The molecule has 3 rings (SSSR count). The van der Waals surface area contributed by atoms with Crippen LogP contribution in [0.25, 0.3) is 0 Å². The summed E-state index contributed by atoms with van der Waals surface area (Å²) in [5, 5.41) is 2.89. The lowest BCUT2D eigenvalue weighted by Gasteiger charge is -2.18. The predicted octanol–water partition coefficient (Wildman–Crippen LogP) is 2.19. The first-order chi connectivity index (χ1) is 11.2. The van der Waals surface area contributed by atoms with Crippen LogP contribution >= 0.6 is 0 Å². The standard InChI is InChI=1S/C17H19N3O3/c1-20(11-13-5-6-15-16(10-13)23-12-22-15)17(21)19-9-7-14-4-2-3-8-18-14/h2-6,8,10H,7,9,11-12H2,1H3,(H,19,21). The summed E-state index contributed by atoms with van der Waals surface area (Å²) in [5.74, 6) is 1.47. The molecule has 23 heavy (non-hydrogen) atoms. The highest BCUT2D eigenvalue weighted by molar-refractivity contribution is 5.73. The number of nitrogens with one attached hydrogen (secondary N) is 1. The summed E-state index contributed by atoms with van der Waals surface area (Å²) in [5.41, 5.74) is 1.96. The van der Waals surface area contributed by atoms with Crippen molar-refractivity contribution in [2.45, 2.75) is 13.0 Å². The van der Waals surface area contributed by atoms with Crippen LogP contribution in [0.2, 0.25) is 0 Å². The second-order valence-corrected chi connectivity index (χ2v) is 5.35. The molecular formula is C17H19N3O3. The molecule has 6 nitrogen and oxygen atoms in total. The third-order valence-electron chi connectivity index (χ3n) is 3.59. The molecule has 2 amide bonds. The molecule has 6 heteroatoms. The summed E-state index contributed by atoms with van der Waals surface area (Å²) in [6.07, 6.45) is 2.47. The van der Waals surface area contributed by atoms with Crippen molar-refractivity contribution in [2.24, 2.45) is 0 Å². The van der Waals surface area contributed by atoms with E-state index < -0.39 is 0 Å². The molecule has 0 saturated carbocycles. The van der Waals surface area contributed by atoms with Crippen LogP contribution in [0.15, 0.2) is 42.6 Å². The van der Waals surface area contributed by atoms with Crippen LogP contribution in [-0.2, 0) is 13.0 Å². The molecule has 0 spiro atoms. The largest absolute Gasteiger partial charge is 0.454 e. The molecule has 0 fully saturated rings. The minimum Gasteiger partial charge on any atom is -0.454 e. The zero-order valence-corrected chi connectivity index (χ0v) is 13.0. The van der Waals surface area contributed by atoms with Crippen molar-refractivity contribution in [1.82, 2.24) is 15.2 Å². The zero-order valence-electron chi connectivity index (χ0n) is 13.0. The number of carbonyl (C=O) groups excluding carboxylic acids is 1. The van der Waals surface area contributed by atoms with E-state index in [-0.39, 0.29) is 12.8 Å². The molecule has 1 aromatic carbocycles. The monoisotopic (exact) mass is 313 g/mol. The van der Waals surface area contributed by atoms with E-state index in [4.69, 9.17) is 9.47 Å². The van der Waals surface area contributed by atoms with Gasteiger partial charge in [-0.1, -0.05) is 12.1 Å². The number of ether oxygens (including phenoxy) is 2. The van der Waals surface area contributed by atoms with Crippen molar-refractivity contribution in [1.29, 1.82) is 0 Å². The van der Waals surface area contributed by atoms with Crippen molar-refractivity contribution in [3.8, 4) is 11.5 Å². The van der Waals surface area contributed by atoms with Gasteiger partial charge in [0, 0.05) is 38.4 Å². The number of hydrogen-bond acceptors (Lipinski definition) is 4. The molecule has 2 heterocycles. The summed E-state index contributed by atoms with van der Waals surface area (Å²) in [6, 6.07) is 11.4. The van der Waals surface area contributed by atoms with Gasteiger partial charge in [0.2, 0.25) is 6.79 Å². The molecule has 1 aromatic heterocycles. The Kier molecular flexibility index (Phi) is 4.61. The van der Waals surface area contributed by atoms with Crippen LogP contribution in [0.1, 0.15) is 11.3 Å². The number of amides is 2. The second-order valence-electron chi connectivity index (χ2n) is 5.35. The molecule has 0 aliphatic carbocycles. The van der Waals surface area contributed by atoms with Crippen molar-refractivity contribution in [2.75, 3.05) is 20.4 Å². The number of hydrogen-bond donors (Lipinski definition) is 1. The van der Waals surface area contributed by atoms with E-state index in [1.54, 1.807) is 18.1 Å². The lowest BCUT2D eigenvalue weighted by molar-refractivity contribution is 0.174. The van der Waals surface area contributed by atoms with Gasteiger partial charge < -0.3 is 19.7 Å². The first-order valence-corrected chi connectivity index (χ1v) is 7.50. The van der Waals surface area contributed by atoms with Gasteiger partial charge in [-0.15, -0.1) is 0 Å². The first kappa shape index (κ1) is 15.1. The number of aromatic nitrogens is 1. The van der Waals surface area contributed by atoms with Crippen molar-refractivity contribution < 1.29 is 14.3 Å². The second kappa shape index (κ2) is 7.00. The Morgan fingerprint density at radius 3 is 2.96 bits per heavy atom. The van der Waals surface area contributed by atoms with Gasteiger partial charge in [0.1, 0.15) is 0 Å². The average molecular weight is 313 g/mol. The van der Waals surface area contributed by atoms with Gasteiger partial charge in [0.15, 0.2) is 11.5 Å². The maximum absolute atomic E-state index is 12.1. The topological polar surface area (TPSA) is 63.7 Å². The van der Waals surface area contributed by atoms with Gasteiger partial charge >= 0.3 is 6.03 Å². The van der Waals surface area contributed by atoms with Crippen molar-refractivity contribution in [3.63, 3.8) is 0 Å². The van der Waals surface area contributed by atoms with E-state index in [1.165, 1.54) is 0 Å². The molecule has 0 atom stereocenters. The Morgan fingerprint density at radius 1 is 1.26 bits per heavy atom. The maximum atomic E-state index is 12.1. The lowest BCUT2D eigenvalue weighted by atomic mass is 10.2. The number of urea groups is 1. The van der Waals surface area contributed by atoms with E-state index in [2.05, 4.69) is 10.3 Å². The number of fused-ring (bicyclic) bond motifs is 1. The number of nitrogens with zero attached hydrogens (tertiary/aromatic N) is 2. The Labute approximate surface area is 135 Å². The molecule has 1 aliphatic heterocycles. The number of benzene rings is 1. The van der Waals surface area contributed by atoms with E-state index in [0.29, 0.717) is 19.5 Å². The number of carbonyl (C=O) groups is 1. The molecular weight excluding hydrogens is 294 g/mol. The van der Waals surface area contributed by atoms with Crippen LogP contribution in [0, 0.1) is 0 Å². The summed E-state index contributed by atoms with van der Waals surface area (Å²) >= 11 is 0.